The van der Waals surface area contributed by atoms with Crippen molar-refractivity contribution in [3.8, 4) is 0 Å². The van der Waals surface area contributed by atoms with E-state index in [0.29, 0.717) is 0 Å². The number of hydrogen-bond acceptors (Lipinski definition) is 3. The molecule has 5 nitrogen and oxygen atoms in total. The molecule has 1 amide bonds. The second kappa shape index (κ2) is 7.48. The molecule has 1 aliphatic heterocycles. The molecule has 1 fully saturated rings. The average molecular weight is 270 g/mol. The van der Waals surface area contributed by atoms with Crippen molar-refractivity contribution < 1.29 is 14.7 Å². The van der Waals surface area contributed by atoms with Crippen LogP contribution in [0.3, 0.4) is 0 Å². The number of carboxylic acids is 1. The van der Waals surface area contributed by atoms with Crippen LogP contribution in [0.2, 0.25) is 0 Å². The smallest absolute Gasteiger partial charge is 0.325 e. The Labute approximate surface area is 115 Å². The molecule has 1 aliphatic rings. The summed E-state index contributed by atoms with van der Waals surface area (Å²) in [6, 6.07) is -1.05. The van der Waals surface area contributed by atoms with Crippen molar-refractivity contribution in [1.82, 2.24) is 10.2 Å². The highest BCUT2D eigenvalue weighted by molar-refractivity contribution is 5.86. The van der Waals surface area contributed by atoms with Gasteiger partial charge in [0, 0.05) is 0 Å². The van der Waals surface area contributed by atoms with Gasteiger partial charge in [-0.15, -0.1) is 0 Å². The first-order valence-electron chi connectivity index (χ1n) is 7.20. The minimum absolute atomic E-state index is 0.160. The van der Waals surface area contributed by atoms with Gasteiger partial charge < -0.3 is 10.4 Å². The summed E-state index contributed by atoms with van der Waals surface area (Å²) in [4.78, 5) is 25.3. The molecule has 1 heterocycles. The molecule has 2 unspecified atom stereocenters. The van der Waals surface area contributed by atoms with Gasteiger partial charge in [0.1, 0.15) is 6.04 Å². The van der Waals surface area contributed by atoms with Gasteiger partial charge in [0.25, 0.3) is 0 Å². The molecule has 1 rings (SSSR count). The van der Waals surface area contributed by atoms with Gasteiger partial charge >= 0.3 is 5.97 Å². The largest absolute Gasteiger partial charge is 0.480 e. The lowest BCUT2D eigenvalue weighted by molar-refractivity contribution is -0.142. The Balaban J connectivity index is 2.69. The van der Waals surface area contributed by atoms with Gasteiger partial charge in [-0.1, -0.05) is 26.7 Å². The number of carbonyl (C=O) groups excluding carboxylic acids is 1. The molecule has 0 aliphatic carbocycles. The van der Waals surface area contributed by atoms with Gasteiger partial charge in [-0.05, 0) is 38.8 Å². The van der Waals surface area contributed by atoms with E-state index in [0.717, 1.165) is 25.9 Å². The Morgan fingerprint density at radius 1 is 1.05 bits per heavy atom. The van der Waals surface area contributed by atoms with Crippen LogP contribution in [0.25, 0.3) is 0 Å². The molecular weight excluding hydrogens is 244 g/mol. The van der Waals surface area contributed by atoms with Gasteiger partial charge in [-0.2, -0.15) is 0 Å². The van der Waals surface area contributed by atoms with Crippen molar-refractivity contribution in [3.05, 3.63) is 0 Å². The van der Waals surface area contributed by atoms with Crippen LogP contribution in [0.5, 0.6) is 0 Å². The van der Waals surface area contributed by atoms with E-state index in [9.17, 15) is 9.59 Å². The first kappa shape index (κ1) is 16.0. The lowest BCUT2D eigenvalue weighted by Crippen LogP contribution is -2.53. The molecule has 0 aromatic carbocycles. The van der Waals surface area contributed by atoms with Crippen LogP contribution in [0, 0.1) is 5.92 Å². The topological polar surface area (TPSA) is 69.6 Å². The van der Waals surface area contributed by atoms with E-state index in [1.165, 1.54) is 19.8 Å². The van der Waals surface area contributed by atoms with E-state index >= 15 is 0 Å². The number of carboxylic acid groups (broad SMARTS) is 1. The predicted molar refractivity (Wildman–Crippen MR) is 73.9 cm³/mol. The molecule has 1 saturated heterocycles. The van der Waals surface area contributed by atoms with Gasteiger partial charge in [-0.3, -0.25) is 14.5 Å². The Morgan fingerprint density at radius 2 is 1.58 bits per heavy atom. The van der Waals surface area contributed by atoms with Crippen LogP contribution in [0.1, 0.15) is 46.5 Å². The van der Waals surface area contributed by atoms with E-state index in [2.05, 4.69) is 10.2 Å². The second-order valence-corrected chi connectivity index (χ2v) is 5.71. The zero-order valence-electron chi connectivity index (χ0n) is 12.2. The zero-order chi connectivity index (χ0) is 14.4. The fourth-order valence-corrected chi connectivity index (χ4v) is 2.62. The summed E-state index contributed by atoms with van der Waals surface area (Å²) >= 11 is 0. The molecule has 0 aromatic heterocycles. The van der Waals surface area contributed by atoms with E-state index < -0.39 is 12.0 Å². The highest BCUT2D eigenvalue weighted by Gasteiger charge is 2.30. The van der Waals surface area contributed by atoms with Crippen LogP contribution in [0.15, 0.2) is 0 Å². The van der Waals surface area contributed by atoms with E-state index in [1.807, 2.05) is 13.8 Å². The van der Waals surface area contributed by atoms with Crippen LogP contribution < -0.4 is 5.32 Å². The summed E-state index contributed by atoms with van der Waals surface area (Å²) in [5.41, 5.74) is 0. The molecule has 0 spiro atoms. The zero-order valence-corrected chi connectivity index (χ0v) is 12.2. The first-order chi connectivity index (χ1) is 8.93. The molecular formula is C14H26N2O3. The lowest BCUT2D eigenvalue weighted by Gasteiger charge is -2.32. The maximum atomic E-state index is 12.3. The monoisotopic (exact) mass is 270 g/mol. The maximum absolute atomic E-state index is 12.3. The first-order valence-corrected chi connectivity index (χ1v) is 7.20. The van der Waals surface area contributed by atoms with Crippen molar-refractivity contribution in [2.45, 2.75) is 58.5 Å². The molecule has 0 aromatic rings. The molecule has 0 saturated carbocycles. The normalized spacial score (nSPS) is 20.6. The summed E-state index contributed by atoms with van der Waals surface area (Å²) < 4.78 is 0. The maximum Gasteiger partial charge on any atom is 0.325 e. The number of hydrogen-bond donors (Lipinski definition) is 2. The van der Waals surface area contributed by atoms with Gasteiger partial charge in [-0.25, -0.2) is 0 Å². The highest BCUT2D eigenvalue weighted by atomic mass is 16.4. The highest BCUT2D eigenvalue weighted by Crippen LogP contribution is 2.17. The van der Waals surface area contributed by atoms with Gasteiger partial charge in [0.2, 0.25) is 5.91 Å². The minimum Gasteiger partial charge on any atom is -0.480 e. The second-order valence-electron chi connectivity index (χ2n) is 5.71. The Kier molecular flexibility index (Phi) is 6.28. The molecule has 0 bridgehead atoms. The number of amides is 1. The average Bonchev–Trinajstić information content (AvgIpc) is 2.57. The SMILES string of the molecule is CC(NC(=O)C(C(C)C)N1CCCCCC1)C(=O)O. The summed E-state index contributed by atoms with van der Waals surface area (Å²) in [5.74, 6) is -0.974. The van der Waals surface area contributed by atoms with Crippen LogP contribution >= 0.6 is 0 Å². The fraction of sp³-hybridized carbons (Fsp3) is 0.857. The molecule has 19 heavy (non-hydrogen) atoms. The minimum atomic E-state index is -0.994. The molecule has 0 radical (unpaired) electrons. The Morgan fingerprint density at radius 3 is 2.00 bits per heavy atom. The predicted octanol–water partition coefficient (Wildman–Crippen LogP) is 1.48. The number of carbonyl (C=O) groups is 2. The van der Waals surface area contributed by atoms with Crippen LogP contribution in [0.4, 0.5) is 0 Å². The third-order valence-corrected chi connectivity index (χ3v) is 3.66. The third-order valence-electron chi connectivity index (χ3n) is 3.66. The number of nitrogens with one attached hydrogen (secondary N) is 1. The van der Waals surface area contributed by atoms with Crippen LogP contribution in [-0.2, 0) is 9.59 Å². The summed E-state index contributed by atoms with van der Waals surface area (Å²) in [6.45, 7) is 7.39. The lowest BCUT2D eigenvalue weighted by atomic mass is 10.0. The Hall–Kier alpha value is -1.10. The summed E-state index contributed by atoms with van der Waals surface area (Å²) in [6.07, 6.45) is 4.67. The molecule has 110 valence electrons. The number of likely N-dealkylation sites (tertiary alicyclic amines) is 1. The molecule has 2 atom stereocenters. The van der Waals surface area contributed by atoms with E-state index in [4.69, 9.17) is 5.11 Å². The number of aliphatic carboxylic acids is 1. The molecule has 5 heteroatoms. The van der Waals surface area contributed by atoms with Crippen molar-refractivity contribution >= 4 is 11.9 Å². The number of rotatable bonds is 5. The quantitative estimate of drug-likeness (QED) is 0.794. The van der Waals surface area contributed by atoms with Gasteiger partial charge in [0.15, 0.2) is 0 Å². The van der Waals surface area contributed by atoms with Crippen molar-refractivity contribution in [2.24, 2.45) is 5.92 Å². The van der Waals surface area contributed by atoms with E-state index in [1.54, 1.807) is 0 Å². The fourth-order valence-electron chi connectivity index (χ4n) is 2.62. The van der Waals surface area contributed by atoms with Crippen LogP contribution in [-0.4, -0.2) is 47.1 Å². The van der Waals surface area contributed by atoms with Crippen molar-refractivity contribution in [2.75, 3.05) is 13.1 Å². The van der Waals surface area contributed by atoms with Crippen molar-refractivity contribution in [3.63, 3.8) is 0 Å². The van der Waals surface area contributed by atoms with Crippen molar-refractivity contribution in [1.29, 1.82) is 0 Å². The molecule has 2 N–H and O–H groups in total. The third kappa shape index (κ3) is 4.82. The van der Waals surface area contributed by atoms with E-state index in [-0.39, 0.29) is 17.9 Å². The summed E-state index contributed by atoms with van der Waals surface area (Å²) in [7, 11) is 0. The Bertz CT molecular complexity index is 310. The standard InChI is InChI=1S/C14H26N2O3/c1-10(2)12(13(17)15-11(3)14(18)19)16-8-6-4-5-7-9-16/h10-12H,4-9H2,1-3H3,(H,15,17)(H,18,19). The van der Waals surface area contributed by atoms with Gasteiger partial charge in [0.05, 0.1) is 6.04 Å². The summed E-state index contributed by atoms with van der Waals surface area (Å²) in [5, 5.41) is 11.5. The number of nitrogens with zero attached hydrogens (tertiary/aromatic N) is 1.